The van der Waals surface area contributed by atoms with Crippen molar-refractivity contribution in [1.29, 1.82) is 0 Å². The monoisotopic (exact) mass is 268 g/mol. The summed E-state index contributed by atoms with van der Waals surface area (Å²) >= 11 is 4.04. The number of nitrogens with zero attached hydrogens (tertiary/aromatic N) is 1. The van der Waals surface area contributed by atoms with Gasteiger partial charge in [0.25, 0.3) is 0 Å². The largest absolute Gasteiger partial charge is 0.328 e. The van der Waals surface area contributed by atoms with Gasteiger partial charge < -0.3 is 5.73 Å². The molecule has 1 aliphatic rings. The lowest BCUT2D eigenvalue weighted by Gasteiger charge is -2.31. The van der Waals surface area contributed by atoms with E-state index in [1.54, 1.807) is 0 Å². The fourth-order valence-electron chi connectivity index (χ4n) is 2.08. The van der Waals surface area contributed by atoms with Crippen molar-refractivity contribution in [3.63, 3.8) is 0 Å². The van der Waals surface area contributed by atoms with Gasteiger partial charge in [0.1, 0.15) is 0 Å². The van der Waals surface area contributed by atoms with Crippen molar-refractivity contribution < 1.29 is 0 Å². The third-order valence-electron chi connectivity index (χ3n) is 3.10. The summed E-state index contributed by atoms with van der Waals surface area (Å²) in [5.74, 6) is 2.43. The molecule has 1 saturated heterocycles. The maximum atomic E-state index is 6.08. The summed E-state index contributed by atoms with van der Waals surface area (Å²) in [5.41, 5.74) is 7.41. The molecule has 1 aromatic heterocycles. The molecule has 0 bridgehead atoms. The van der Waals surface area contributed by atoms with Gasteiger partial charge in [0.2, 0.25) is 0 Å². The lowest BCUT2D eigenvalue weighted by Crippen LogP contribution is -2.29. The van der Waals surface area contributed by atoms with Gasteiger partial charge in [0, 0.05) is 18.9 Å². The van der Waals surface area contributed by atoms with Gasteiger partial charge in [-0.15, -0.1) is 23.5 Å². The van der Waals surface area contributed by atoms with E-state index in [2.05, 4.69) is 17.1 Å². The molecule has 1 aromatic rings. The highest BCUT2D eigenvalue weighted by Gasteiger charge is 2.32. The van der Waals surface area contributed by atoms with Crippen LogP contribution in [0.1, 0.15) is 31.2 Å². The maximum Gasteiger partial charge on any atom is 0.0982 e. The molecular weight excluding hydrogens is 248 g/mol. The van der Waals surface area contributed by atoms with E-state index < -0.39 is 0 Å². The Morgan fingerprint density at radius 3 is 2.18 bits per heavy atom. The molecule has 94 valence electrons. The second kappa shape index (κ2) is 6.66. The number of pyridine rings is 1. The Morgan fingerprint density at radius 2 is 1.65 bits per heavy atom. The highest BCUT2D eigenvalue weighted by Crippen LogP contribution is 2.47. The Morgan fingerprint density at radius 1 is 1.06 bits per heavy atom. The third-order valence-corrected chi connectivity index (χ3v) is 6.53. The fraction of sp³-hybridized carbons (Fsp3) is 0.615. The van der Waals surface area contributed by atoms with Crippen LogP contribution in [0.3, 0.4) is 0 Å². The molecule has 1 aliphatic heterocycles. The Bertz CT molecular complexity index is 319. The first-order chi connectivity index (χ1) is 8.37. The zero-order valence-electron chi connectivity index (χ0n) is 10.1. The number of aromatic nitrogens is 1. The zero-order valence-corrected chi connectivity index (χ0v) is 11.7. The van der Waals surface area contributed by atoms with Crippen LogP contribution in [0.5, 0.6) is 0 Å². The van der Waals surface area contributed by atoms with Crippen molar-refractivity contribution in [1.82, 2.24) is 4.98 Å². The molecule has 0 aromatic carbocycles. The van der Waals surface area contributed by atoms with Crippen molar-refractivity contribution in [2.24, 2.45) is 5.73 Å². The van der Waals surface area contributed by atoms with Crippen LogP contribution in [0, 0.1) is 0 Å². The molecule has 0 spiro atoms. The molecule has 2 nitrogen and oxygen atoms in total. The van der Waals surface area contributed by atoms with Gasteiger partial charge in [-0.3, -0.25) is 4.98 Å². The summed E-state index contributed by atoms with van der Waals surface area (Å²) in [5, 5.41) is 0. The minimum Gasteiger partial charge on any atom is -0.328 e. The predicted octanol–water partition coefficient (Wildman–Crippen LogP) is 3.23. The van der Waals surface area contributed by atoms with Crippen molar-refractivity contribution in [3.8, 4) is 0 Å². The van der Waals surface area contributed by atoms with Crippen LogP contribution >= 0.6 is 23.5 Å². The van der Waals surface area contributed by atoms with E-state index in [0.29, 0.717) is 6.54 Å². The van der Waals surface area contributed by atoms with Crippen LogP contribution in [0.15, 0.2) is 24.5 Å². The van der Waals surface area contributed by atoms with Crippen LogP contribution in [0.2, 0.25) is 0 Å². The Labute approximate surface area is 112 Å². The Balaban J connectivity index is 2.20. The molecule has 2 rings (SSSR count). The highest BCUT2D eigenvalue weighted by atomic mass is 32.2. The van der Waals surface area contributed by atoms with E-state index in [0.717, 1.165) is 0 Å². The van der Waals surface area contributed by atoms with Gasteiger partial charge in [-0.25, -0.2) is 0 Å². The Kier molecular flexibility index (Phi) is 5.19. The molecule has 1 fully saturated rings. The molecule has 4 heteroatoms. The molecule has 0 amide bonds. The number of thioether (sulfide) groups is 2. The van der Waals surface area contributed by atoms with E-state index >= 15 is 0 Å². The van der Waals surface area contributed by atoms with Gasteiger partial charge in [0.15, 0.2) is 0 Å². The first kappa shape index (κ1) is 13.2. The van der Waals surface area contributed by atoms with Crippen LogP contribution in [0.25, 0.3) is 0 Å². The number of hydrogen-bond donors (Lipinski definition) is 1. The van der Waals surface area contributed by atoms with Crippen molar-refractivity contribution in [3.05, 3.63) is 30.1 Å². The third kappa shape index (κ3) is 3.39. The standard InChI is InChI=1S/C13H20N2S2/c14-11-13(12-5-7-15-8-6-12)16-9-3-1-2-4-10-17-13/h5-8H,1-4,9-11,14H2. The molecule has 0 atom stereocenters. The summed E-state index contributed by atoms with van der Waals surface area (Å²) in [6, 6.07) is 4.23. The maximum absolute atomic E-state index is 6.08. The van der Waals surface area contributed by atoms with E-state index in [4.69, 9.17) is 5.73 Å². The van der Waals surface area contributed by atoms with Crippen molar-refractivity contribution in [2.45, 2.75) is 29.8 Å². The van der Waals surface area contributed by atoms with Crippen LogP contribution in [-0.2, 0) is 4.08 Å². The van der Waals surface area contributed by atoms with E-state index in [1.165, 1.54) is 42.8 Å². The minimum absolute atomic E-state index is 0.0489. The molecule has 2 heterocycles. The average Bonchev–Trinajstić information content (AvgIpc) is 2.52. The molecule has 0 saturated carbocycles. The van der Waals surface area contributed by atoms with Gasteiger partial charge in [-0.2, -0.15) is 0 Å². The van der Waals surface area contributed by atoms with Crippen molar-refractivity contribution >= 4 is 23.5 Å². The zero-order chi connectivity index (χ0) is 12.0. The molecule has 0 unspecified atom stereocenters. The number of nitrogens with two attached hydrogens (primary N) is 1. The summed E-state index contributed by atoms with van der Waals surface area (Å²) in [6.45, 7) is 0.701. The summed E-state index contributed by atoms with van der Waals surface area (Å²) < 4.78 is 0.0489. The predicted molar refractivity (Wildman–Crippen MR) is 78.4 cm³/mol. The molecule has 0 radical (unpaired) electrons. The molecule has 0 aliphatic carbocycles. The topological polar surface area (TPSA) is 38.9 Å². The minimum atomic E-state index is 0.0489. The van der Waals surface area contributed by atoms with Crippen LogP contribution < -0.4 is 5.73 Å². The second-order valence-corrected chi connectivity index (χ2v) is 7.35. The van der Waals surface area contributed by atoms with Gasteiger partial charge >= 0.3 is 0 Å². The van der Waals surface area contributed by atoms with Crippen LogP contribution in [0.4, 0.5) is 0 Å². The molecule has 2 N–H and O–H groups in total. The highest BCUT2D eigenvalue weighted by molar-refractivity contribution is 8.17. The fourth-order valence-corrected chi connectivity index (χ4v) is 5.11. The normalized spacial score (nSPS) is 21.2. The summed E-state index contributed by atoms with van der Waals surface area (Å²) in [7, 11) is 0. The van der Waals surface area contributed by atoms with E-state index in [1.807, 2.05) is 35.9 Å². The van der Waals surface area contributed by atoms with Gasteiger partial charge in [-0.05, 0) is 42.0 Å². The van der Waals surface area contributed by atoms with Crippen LogP contribution in [-0.4, -0.2) is 23.0 Å². The van der Waals surface area contributed by atoms with Gasteiger partial charge in [0.05, 0.1) is 4.08 Å². The summed E-state index contributed by atoms with van der Waals surface area (Å²) in [4.78, 5) is 4.11. The first-order valence-electron chi connectivity index (χ1n) is 6.26. The molecular formula is C13H20N2S2. The smallest absolute Gasteiger partial charge is 0.0982 e. The van der Waals surface area contributed by atoms with E-state index in [9.17, 15) is 0 Å². The lowest BCUT2D eigenvalue weighted by molar-refractivity contribution is 0.713. The lowest BCUT2D eigenvalue weighted by atomic mass is 10.2. The Hall–Kier alpha value is -0.190. The SMILES string of the molecule is NCC1(c2ccncc2)SCCCCCCS1. The summed E-state index contributed by atoms with van der Waals surface area (Å²) in [6.07, 6.45) is 9.12. The molecule has 17 heavy (non-hydrogen) atoms. The second-order valence-electron chi connectivity index (χ2n) is 4.30. The van der Waals surface area contributed by atoms with Gasteiger partial charge in [-0.1, -0.05) is 12.8 Å². The average molecular weight is 268 g/mol. The van der Waals surface area contributed by atoms with E-state index in [-0.39, 0.29) is 4.08 Å². The quantitative estimate of drug-likeness (QED) is 0.894. The van der Waals surface area contributed by atoms with Crippen molar-refractivity contribution in [2.75, 3.05) is 18.1 Å². The first-order valence-corrected chi connectivity index (χ1v) is 8.23. The number of rotatable bonds is 2. The number of hydrogen-bond acceptors (Lipinski definition) is 4.